The van der Waals surface area contributed by atoms with Crippen molar-refractivity contribution in [1.82, 2.24) is 4.90 Å². The molecule has 5 nitrogen and oxygen atoms in total. The maximum absolute atomic E-state index is 12.6. The fraction of sp³-hybridized carbons (Fsp3) is 0.263. The van der Waals surface area contributed by atoms with Gasteiger partial charge >= 0.3 is 6.09 Å². The Morgan fingerprint density at radius 1 is 1.16 bits per heavy atom. The van der Waals surface area contributed by atoms with E-state index in [1.807, 2.05) is 61.5 Å². The van der Waals surface area contributed by atoms with Gasteiger partial charge in [-0.1, -0.05) is 48.5 Å². The molecule has 1 aliphatic rings. The number of hydrogen-bond donors (Lipinski definition) is 1. The molecule has 1 fully saturated rings. The van der Waals surface area contributed by atoms with Crippen molar-refractivity contribution < 1.29 is 14.3 Å². The zero-order chi connectivity index (χ0) is 17.6. The van der Waals surface area contributed by atoms with E-state index in [1.165, 1.54) is 4.90 Å². The lowest BCUT2D eigenvalue weighted by atomic mass is 10.2. The van der Waals surface area contributed by atoms with Crippen molar-refractivity contribution in [3.8, 4) is 0 Å². The molecule has 2 aromatic carbocycles. The lowest BCUT2D eigenvalue weighted by molar-refractivity contribution is -0.119. The number of nitrogens with zero attached hydrogens (tertiary/aromatic N) is 1. The molecule has 1 heterocycles. The van der Waals surface area contributed by atoms with E-state index in [0.29, 0.717) is 11.6 Å². The molecule has 2 aromatic rings. The SMILES string of the molecule is Cc1ccccc1NC(=O)[C@H]1CSCN1C(=O)OCc1ccccc1. The lowest BCUT2D eigenvalue weighted by Crippen LogP contribution is -2.44. The molecule has 2 amide bonds. The minimum atomic E-state index is -0.520. The number of nitrogens with one attached hydrogen (secondary N) is 1. The zero-order valence-electron chi connectivity index (χ0n) is 14.0. The molecule has 6 heteroatoms. The molecule has 1 atom stereocenters. The van der Waals surface area contributed by atoms with Gasteiger partial charge in [-0.2, -0.15) is 0 Å². The Kier molecular flexibility index (Phi) is 5.60. The first-order chi connectivity index (χ1) is 12.1. The summed E-state index contributed by atoms with van der Waals surface area (Å²) >= 11 is 1.55. The van der Waals surface area contributed by atoms with E-state index in [4.69, 9.17) is 4.74 Å². The number of para-hydroxylation sites is 1. The normalized spacial score (nSPS) is 16.5. The van der Waals surface area contributed by atoms with Gasteiger partial charge in [0.2, 0.25) is 5.91 Å². The average Bonchev–Trinajstić information content (AvgIpc) is 3.12. The van der Waals surface area contributed by atoms with Crippen LogP contribution in [0.25, 0.3) is 0 Å². The largest absolute Gasteiger partial charge is 0.445 e. The van der Waals surface area contributed by atoms with E-state index < -0.39 is 12.1 Å². The first kappa shape index (κ1) is 17.4. The first-order valence-corrected chi connectivity index (χ1v) is 9.22. The average molecular weight is 356 g/mol. The Hall–Kier alpha value is -2.47. The standard InChI is InChI=1S/C19H20N2O3S/c1-14-7-5-6-10-16(14)20-18(22)17-12-25-13-21(17)19(23)24-11-15-8-3-2-4-9-15/h2-10,17H,11-13H2,1H3,(H,20,22)/t17-/m1/s1. The molecule has 0 bridgehead atoms. The molecule has 0 aliphatic carbocycles. The summed E-state index contributed by atoms with van der Waals surface area (Å²) in [6.45, 7) is 2.14. The highest BCUT2D eigenvalue weighted by Crippen LogP contribution is 2.24. The number of anilines is 1. The van der Waals surface area contributed by atoms with Crippen molar-refractivity contribution >= 4 is 29.4 Å². The summed E-state index contributed by atoms with van der Waals surface area (Å²) in [5.74, 6) is 0.841. The van der Waals surface area contributed by atoms with Crippen LogP contribution in [0.2, 0.25) is 0 Å². The van der Waals surface area contributed by atoms with Gasteiger partial charge < -0.3 is 10.1 Å². The highest BCUT2D eigenvalue weighted by molar-refractivity contribution is 7.99. The second-order valence-electron chi connectivity index (χ2n) is 5.83. The third-order valence-electron chi connectivity index (χ3n) is 4.03. The third kappa shape index (κ3) is 4.33. The Bertz CT molecular complexity index is 751. The van der Waals surface area contributed by atoms with Crippen LogP contribution in [0.3, 0.4) is 0 Å². The van der Waals surface area contributed by atoms with E-state index in [-0.39, 0.29) is 12.5 Å². The summed E-state index contributed by atoms with van der Waals surface area (Å²) in [5, 5.41) is 2.91. The fourth-order valence-corrected chi connectivity index (χ4v) is 3.71. The predicted molar refractivity (Wildman–Crippen MR) is 99.4 cm³/mol. The molecule has 1 saturated heterocycles. The summed E-state index contributed by atoms with van der Waals surface area (Å²) in [6.07, 6.45) is -0.459. The van der Waals surface area contributed by atoms with Gasteiger partial charge in [-0.15, -0.1) is 11.8 Å². The molecular weight excluding hydrogens is 336 g/mol. The van der Waals surface area contributed by atoms with Crippen LogP contribution in [-0.4, -0.2) is 34.6 Å². The van der Waals surface area contributed by atoms with Crippen LogP contribution in [0.4, 0.5) is 10.5 Å². The summed E-state index contributed by atoms with van der Waals surface area (Å²) in [6, 6.07) is 16.6. The molecule has 0 saturated carbocycles. The second kappa shape index (κ2) is 8.07. The van der Waals surface area contributed by atoms with Crippen LogP contribution in [0, 0.1) is 6.92 Å². The molecule has 1 aliphatic heterocycles. The number of hydrogen-bond acceptors (Lipinski definition) is 4. The smallest absolute Gasteiger partial charge is 0.411 e. The van der Waals surface area contributed by atoms with Gasteiger partial charge in [0.1, 0.15) is 12.6 Å². The molecule has 1 N–H and O–H groups in total. The molecular formula is C19H20N2O3S. The van der Waals surface area contributed by atoms with Crippen LogP contribution >= 0.6 is 11.8 Å². The molecule has 0 aromatic heterocycles. The van der Waals surface area contributed by atoms with E-state index in [2.05, 4.69) is 5.32 Å². The molecule has 25 heavy (non-hydrogen) atoms. The Morgan fingerprint density at radius 2 is 1.88 bits per heavy atom. The van der Waals surface area contributed by atoms with Gasteiger partial charge in [0.05, 0.1) is 5.88 Å². The van der Waals surface area contributed by atoms with Crippen molar-refractivity contribution in [3.05, 3.63) is 65.7 Å². The number of carbonyl (C=O) groups is 2. The van der Waals surface area contributed by atoms with Gasteiger partial charge in [-0.25, -0.2) is 4.79 Å². The van der Waals surface area contributed by atoms with Crippen molar-refractivity contribution in [2.75, 3.05) is 16.9 Å². The van der Waals surface area contributed by atoms with Crippen LogP contribution in [0.5, 0.6) is 0 Å². The number of carbonyl (C=O) groups excluding carboxylic acids is 2. The fourth-order valence-electron chi connectivity index (χ4n) is 2.57. The maximum Gasteiger partial charge on any atom is 0.411 e. The van der Waals surface area contributed by atoms with Crippen LogP contribution in [0.1, 0.15) is 11.1 Å². The van der Waals surface area contributed by atoms with Crippen LogP contribution in [-0.2, 0) is 16.1 Å². The zero-order valence-corrected chi connectivity index (χ0v) is 14.8. The predicted octanol–water partition coefficient (Wildman–Crippen LogP) is 3.65. The summed E-state index contributed by atoms with van der Waals surface area (Å²) in [7, 11) is 0. The van der Waals surface area contributed by atoms with E-state index in [9.17, 15) is 9.59 Å². The molecule has 0 unspecified atom stereocenters. The second-order valence-corrected chi connectivity index (χ2v) is 6.83. The minimum absolute atomic E-state index is 0.184. The number of aryl methyl sites for hydroxylation is 1. The van der Waals surface area contributed by atoms with E-state index in [1.54, 1.807) is 11.8 Å². The van der Waals surface area contributed by atoms with Gasteiger partial charge in [0, 0.05) is 11.4 Å². The van der Waals surface area contributed by atoms with Crippen LogP contribution in [0.15, 0.2) is 54.6 Å². The van der Waals surface area contributed by atoms with Gasteiger partial charge in [0.25, 0.3) is 0 Å². The number of thioether (sulfide) groups is 1. The summed E-state index contributed by atoms with van der Waals surface area (Å²) in [5.41, 5.74) is 2.67. The van der Waals surface area contributed by atoms with E-state index >= 15 is 0 Å². The van der Waals surface area contributed by atoms with Crippen molar-refractivity contribution in [3.63, 3.8) is 0 Å². The molecule has 0 spiro atoms. The number of amides is 2. The Labute approximate surface area is 151 Å². The molecule has 130 valence electrons. The quantitative estimate of drug-likeness (QED) is 0.908. The molecule has 0 radical (unpaired) electrons. The number of rotatable bonds is 4. The highest BCUT2D eigenvalue weighted by atomic mass is 32.2. The summed E-state index contributed by atoms with van der Waals surface area (Å²) < 4.78 is 5.36. The topological polar surface area (TPSA) is 58.6 Å². The monoisotopic (exact) mass is 356 g/mol. The number of ether oxygens (including phenoxy) is 1. The van der Waals surface area contributed by atoms with Crippen molar-refractivity contribution in [2.24, 2.45) is 0 Å². The summed E-state index contributed by atoms with van der Waals surface area (Å²) in [4.78, 5) is 26.4. The van der Waals surface area contributed by atoms with Gasteiger partial charge in [0.15, 0.2) is 0 Å². The van der Waals surface area contributed by atoms with Crippen molar-refractivity contribution in [1.29, 1.82) is 0 Å². The Balaban J connectivity index is 1.60. The first-order valence-electron chi connectivity index (χ1n) is 8.06. The van der Waals surface area contributed by atoms with E-state index in [0.717, 1.165) is 16.8 Å². The lowest BCUT2D eigenvalue weighted by Gasteiger charge is -2.22. The highest BCUT2D eigenvalue weighted by Gasteiger charge is 2.35. The third-order valence-corrected chi connectivity index (χ3v) is 5.04. The Morgan fingerprint density at radius 3 is 2.64 bits per heavy atom. The van der Waals surface area contributed by atoms with Crippen molar-refractivity contribution in [2.45, 2.75) is 19.6 Å². The maximum atomic E-state index is 12.6. The van der Waals surface area contributed by atoms with Gasteiger partial charge in [-0.05, 0) is 24.1 Å². The van der Waals surface area contributed by atoms with Gasteiger partial charge in [-0.3, -0.25) is 9.69 Å². The molecule has 3 rings (SSSR count). The van der Waals surface area contributed by atoms with Crippen LogP contribution < -0.4 is 5.32 Å². The number of benzene rings is 2. The minimum Gasteiger partial charge on any atom is -0.445 e.